The fraction of sp³-hybridized carbons (Fsp3) is 0.545. The normalized spacial score (nSPS) is 18.4. The van der Waals surface area contributed by atoms with E-state index in [0.717, 1.165) is 5.56 Å². The van der Waals surface area contributed by atoms with E-state index in [1.807, 2.05) is 44.2 Å². The van der Waals surface area contributed by atoms with Gasteiger partial charge in [0.2, 0.25) is 11.8 Å². The molecule has 1 aromatic rings. The summed E-state index contributed by atoms with van der Waals surface area (Å²) in [6, 6.07) is 7.37. The molecule has 0 saturated heterocycles. The maximum Gasteiger partial charge on any atom is 0.408 e. The Morgan fingerprint density at radius 3 is 2.47 bits per heavy atom. The zero-order valence-corrected chi connectivity index (χ0v) is 17.6. The number of hydrogen-bond donors (Lipinski definition) is 3. The van der Waals surface area contributed by atoms with Gasteiger partial charge >= 0.3 is 6.09 Å². The van der Waals surface area contributed by atoms with Crippen molar-refractivity contribution < 1.29 is 23.9 Å². The summed E-state index contributed by atoms with van der Waals surface area (Å²) in [5.74, 6) is -1.34. The lowest BCUT2D eigenvalue weighted by atomic mass is 9.82. The van der Waals surface area contributed by atoms with Crippen molar-refractivity contribution in [1.82, 2.24) is 10.6 Å². The van der Waals surface area contributed by atoms with Gasteiger partial charge in [-0.15, -0.1) is 0 Å². The molecule has 0 aliphatic heterocycles. The molecule has 3 amide bonds. The van der Waals surface area contributed by atoms with Gasteiger partial charge < -0.3 is 21.1 Å². The summed E-state index contributed by atoms with van der Waals surface area (Å²) in [7, 11) is 0. The van der Waals surface area contributed by atoms with Gasteiger partial charge in [-0.2, -0.15) is 0 Å². The Balaban J connectivity index is 1.99. The number of alkyl carbamates (subject to hydrolysis) is 1. The van der Waals surface area contributed by atoms with Crippen LogP contribution in [0.1, 0.15) is 51.5 Å². The minimum absolute atomic E-state index is 0.0631. The molecule has 3 atom stereocenters. The monoisotopic (exact) mass is 417 g/mol. The SMILES string of the molecule is CC(C)C[C@H](NC(=O)OCc1ccccc1)C(=O)N[C@H](C(N)=O)[C@H]1CCCC(=O)C1. The second kappa shape index (κ2) is 11.3. The van der Waals surface area contributed by atoms with Crippen molar-refractivity contribution in [2.24, 2.45) is 17.6 Å². The van der Waals surface area contributed by atoms with Crippen molar-refractivity contribution >= 4 is 23.7 Å². The van der Waals surface area contributed by atoms with Crippen LogP contribution in [0.3, 0.4) is 0 Å². The van der Waals surface area contributed by atoms with Gasteiger partial charge in [0.15, 0.2) is 0 Å². The van der Waals surface area contributed by atoms with Crippen LogP contribution in [0, 0.1) is 11.8 Å². The van der Waals surface area contributed by atoms with E-state index < -0.39 is 30.0 Å². The standard InChI is InChI=1S/C22H31N3O5/c1-14(2)11-18(24-22(29)30-13-15-7-4-3-5-8-15)21(28)25-19(20(23)27)16-9-6-10-17(26)12-16/h3-5,7-8,14,16,18-19H,6,9-13H2,1-2H3,(H2,23,27)(H,24,29)(H,25,28)/t16-,18-,19-/m0/s1. The highest BCUT2D eigenvalue weighted by Crippen LogP contribution is 2.24. The number of carbonyl (C=O) groups excluding carboxylic acids is 4. The molecule has 0 unspecified atom stereocenters. The van der Waals surface area contributed by atoms with E-state index in [9.17, 15) is 19.2 Å². The average Bonchev–Trinajstić information content (AvgIpc) is 2.70. The van der Waals surface area contributed by atoms with Crippen molar-refractivity contribution in [2.45, 2.75) is 64.6 Å². The quantitative estimate of drug-likeness (QED) is 0.567. The molecule has 30 heavy (non-hydrogen) atoms. The number of nitrogens with two attached hydrogens (primary N) is 1. The first-order valence-electron chi connectivity index (χ1n) is 10.3. The van der Waals surface area contributed by atoms with Gasteiger partial charge in [0, 0.05) is 12.8 Å². The van der Waals surface area contributed by atoms with Gasteiger partial charge in [0.25, 0.3) is 0 Å². The van der Waals surface area contributed by atoms with Crippen LogP contribution < -0.4 is 16.4 Å². The van der Waals surface area contributed by atoms with Crippen molar-refractivity contribution in [3.8, 4) is 0 Å². The van der Waals surface area contributed by atoms with Gasteiger partial charge in [-0.3, -0.25) is 14.4 Å². The fourth-order valence-electron chi connectivity index (χ4n) is 3.63. The number of Topliss-reactive ketones (excluding diaryl/α,β-unsaturated/α-hetero) is 1. The maximum absolute atomic E-state index is 12.9. The smallest absolute Gasteiger partial charge is 0.408 e. The molecule has 8 nitrogen and oxygen atoms in total. The Morgan fingerprint density at radius 2 is 1.87 bits per heavy atom. The van der Waals surface area contributed by atoms with Crippen LogP contribution in [0.2, 0.25) is 0 Å². The number of primary amides is 1. The molecular weight excluding hydrogens is 386 g/mol. The lowest BCUT2D eigenvalue weighted by molar-refractivity contribution is -0.131. The van der Waals surface area contributed by atoms with Gasteiger partial charge in [0.1, 0.15) is 24.5 Å². The molecule has 8 heteroatoms. The number of carbonyl (C=O) groups is 4. The molecule has 0 heterocycles. The summed E-state index contributed by atoms with van der Waals surface area (Å²) in [5, 5.41) is 5.24. The van der Waals surface area contributed by atoms with Crippen LogP contribution >= 0.6 is 0 Å². The Bertz CT molecular complexity index is 750. The minimum Gasteiger partial charge on any atom is -0.445 e. The predicted molar refractivity (Wildman–Crippen MR) is 111 cm³/mol. The van der Waals surface area contributed by atoms with Crippen LogP contribution in [-0.2, 0) is 25.7 Å². The van der Waals surface area contributed by atoms with E-state index in [-0.39, 0.29) is 30.6 Å². The molecule has 2 rings (SSSR count). The summed E-state index contributed by atoms with van der Waals surface area (Å²) in [6.07, 6.45) is 1.66. The van der Waals surface area contributed by atoms with Crippen molar-refractivity contribution in [3.05, 3.63) is 35.9 Å². The zero-order valence-electron chi connectivity index (χ0n) is 17.6. The summed E-state index contributed by atoms with van der Waals surface area (Å²) in [5.41, 5.74) is 6.33. The first kappa shape index (κ1) is 23.4. The highest BCUT2D eigenvalue weighted by Gasteiger charge is 2.34. The summed E-state index contributed by atoms with van der Waals surface area (Å²) in [6.45, 7) is 3.92. The number of ether oxygens (including phenoxy) is 1. The third-order valence-corrected chi connectivity index (χ3v) is 5.12. The van der Waals surface area contributed by atoms with Crippen LogP contribution in [0.5, 0.6) is 0 Å². The number of nitrogens with one attached hydrogen (secondary N) is 2. The van der Waals surface area contributed by atoms with Crippen molar-refractivity contribution in [2.75, 3.05) is 0 Å². The third kappa shape index (κ3) is 7.50. The number of rotatable bonds is 9. The van der Waals surface area contributed by atoms with E-state index >= 15 is 0 Å². The molecule has 1 aliphatic rings. The largest absolute Gasteiger partial charge is 0.445 e. The topological polar surface area (TPSA) is 128 Å². The van der Waals surface area contributed by atoms with E-state index in [1.165, 1.54) is 0 Å². The highest BCUT2D eigenvalue weighted by molar-refractivity contribution is 5.91. The first-order chi connectivity index (χ1) is 14.3. The van der Waals surface area contributed by atoms with Gasteiger partial charge in [-0.1, -0.05) is 44.2 Å². The molecule has 164 valence electrons. The maximum atomic E-state index is 12.9. The molecule has 0 bridgehead atoms. The van der Waals surface area contributed by atoms with Gasteiger partial charge in [0.05, 0.1) is 0 Å². The van der Waals surface area contributed by atoms with Gasteiger partial charge in [-0.05, 0) is 36.7 Å². The van der Waals surface area contributed by atoms with Gasteiger partial charge in [-0.25, -0.2) is 4.79 Å². The van der Waals surface area contributed by atoms with Crippen molar-refractivity contribution in [1.29, 1.82) is 0 Å². The van der Waals surface area contributed by atoms with E-state index in [1.54, 1.807) is 0 Å². The molecule has 1 aromatic carbocycles. The van der Waals surface area contributed by atoms with Crippen LogP contribution in [-0.4, -0.2) is 35.8 Å². The average molecular weight is 418 g/mol. The second-order valence-corrected chi connectivity index (χ2v) is 8.17. The number of hydrogen-bond acceptors (Lipinski definition) is 5. The van der Waals surface area contributed by atoms with E-state index in [2.05, 4.69) is 10.6 Å². The summed E-state index contributed by atoms with van der Waals surface area (Å²) >= 11 is 0. The molecule has 4 N–H and O–H groups in total. The Labute approximate surface area is 176 Å². The second-order valence-electron chi connectivity index (χ2n) is 8.17. The lowest BCUT2D eigenvalue weighted by Gasteiger charge is -2.30. The molecule has 0 spiro atoms. The Kier molecular flexibility index (Phi) is 8.83. The molecule has 0 aromatic heterocycles. The Hall–Kier alpha value is -2.90. The third-order valence-electron chi connectivity index (χ3n) is 5.12. The fourth-order valence-corrected chi connectivity index (χ4v) is 3.63. The minimum atomic E-state index is -0.946. The highest BCUT2D eigenvalue weighted by atomic mass is 16.5. The first-order valence-corrected chi connectivity index (χ1v) is 10.3. The Morgan fingerprint density at radius 1 is 1.17 bits per heavy atom. The molecule has 1 saturated carbocycles. The number of ketones is 1. The van der Waals surface area contributed by atoms with Crippen LogP contribution in [0.15, 0.2) is 30.3 Å². The molecular formula is C22H31N3O5. The number of amides is 3. The number of benzene rings is 1. The summed E-state index contributed by atoms with van der Waals surface area (Å²) in [4.78, 5) is 48.8. The van der Waals surface area contributed by atoms with Crippen LogP contribution in [0.4, 0.5) is 4.79 Å². The summed E-state index contributed by atoms with van der Waals surface area (Å²) < 4.78 is 5.21. The molecule has 1 fully saturated rings. The molecule has 0 radical (unpaired) electrons. The zero-order chi connectivity index (χ0) is 22.1. The van der Waals surface area contributed by atoms with E-state index in [4.69, 9.17) is 10.5 Å². The van der Waals surface area contributed by atoms with Crippen LogP contribution in [0.25, 0.3) is 0 Å². The lowest BCUT2D eigenvalue weighted by Crippen LogP contribution is -2.56. The van der Waals surface area contributed by atoms with E-state index in [0.29, 0.717) is 25.7 Å². The predicted octanol–water partition coefficient (Wildman–Crippen LogP) is 2.06. The van der Waals surface area contributed by atoms with Crippen molar-refractivity contribution in [3.63, 3.8) is 0 Å². The molecule has 1 aliphatic carbocycles.